The zero-order valence-corrected chi connectivity index (χ0v) is 43.1. The summed E-state index contributed by atoms with van der Waals surface area (Å²) in [6.07, 6.45) is -9.36. The van der Waals surface area contributed by atoms with E-state index in [0.29, 0.717) is 11.1 Å². The van der Waals surface area contributed by atoms with Gasteiger partial charge in [-0.1, -0.05) is 101 Å². The molecule has 1 heterocycles. The number of amides is 1. The topological polar surface area (TPSA) is 210 Å². The van der Waals surface area contributed by atoms with Crippen molar-refractivity contribution in [1.82, 2.24) is 5.32 Å². The molecule has 1 aliphatic heterocycles. The van der Waals surface area contributed by atoms with Gasteiger partial charge in [-0.3, -0.25) is 19.2 Å². The summed E-state index contributed by atoms with van der Waals surface area (Å²) in [5, 5.41) is 28.9. The second-order valence-corrected chi connectivity index (χ2v) is 25.8. The Morgan fingerprint density at radius 3 is 1.97 bits per heavy atom. The molecular weight excluding hydrogens is 915 g/mol. The molecule has 3 aromatic carbocycles. The van der Waals surface area contributed by atoms with E-state index in [1.165, 1.54) is 13.8 Å². The van der Waals surface area contributed by atoms with E-state index in [1.54, 1.807) is 112 Å². The van der Waals surface area contributed by atoms with Crippen LogP contribution in [0.5, 0.6) is 0 Å². The number of carbonyl (C=O) groups excluding carboxylic acids is 6. The predicted molar refractivity (Wildman–Crippen MR) is 261 cm³/mol. The Hall–Kier alpha value is -5.52. The summed E-state index contributed by atoms with van der Waals surface area (Å²) in [4.78, 5) is 84.7. The molecule has 0 aromatic heterocycles. The van der Waals surface area contributed by atoms with Gasteiger partial charge in [0, 0.05) is 50.2 Å². The van der Waals surface area contributed by atoms with Crippen LogP contribution in [0.1, 0.15) is 114 Å². The first-order valence-electron chi connectivity index (χ1n) is 23.9. The highest BCUT2D eigenvalue weighted by Gasteiger charge is 2.69. The number of hydrogen-bond donors (Lipinski definition) is 3. The molecule has 2 aliphatic carbocycles. The van der Waals surface area contributed by atoms with Crippen molar-refractivity contribution >= 4 is 43.9 Å². The van der Waals surface area contributed by atoms with E-state index in [-0.39, 0.29) is 42.8 Å². The molecule has 1 saturated heterocycles. The van der Waals surface area contributed by atoms with Crippen molar-refractivity contribution in [2.24, 2.45) is 16.7 Å². The second kappa shape index (κ2) is 21.1. The number of rotatable bonds is 13. The maximum atomic E-state index is 15.7. The average molecular weight is 984 g/mol. The van der Waals surface area contributed by atoms with Gasteiger partial charge in [-0.25, -0.2) is 9.59 Å². The summed E-state index contributed by atoms with van der Waals surface area (Å²) in [6, 6.07) is 24.4. The van der Waals surface area contributed by atoms with Crippen LogP contribution < -0.4 is 5.32 Å². The summed E-state index contributed by atoms with van der Waals surface area (Å²) in [5.74, 6) is -5.60. The third-order valence-corrected chi connectivity index (χ3v) is 19.7. The number of benzene rings is 3. The van der Waals surface area contributed by atoms with Crippen molar-refractivity contribution in [2.75, 3.05) is 13.2 Å². The fraction of sp³-hybridized carbons (Fsp3) is 0.519. The van der Waals surface area contributed by atoms with Gasteiger partial charge in [-0.15, -0.1) is 0 Å². The van der Waals surface area contributed by atoms with Gasteiger partial charge in [0.2, 0.25) is 0 Å². The quantitative estimate of drug-likeness (QED) is 0.0660. The minimum atomic E-state index is -2.91. The number of aliphatic hydroxyl groups excluding tert-OH is 1. The van der Waals surface area contributed by atoms with Gasteiger partial charge in [-0.2, -0.15) is 0 Å². The zero-order valence-electron chi connectivity index (χ0n) is 42.1. The SMILES string of the molecule is CC(=O)OCC1CC(O)C2(C)C(=O)C(OC(C)=O)C3=C(C)[C@@H](OC(=O)[C@H](O[Si](C)(C)C(C)(C)C)[C@@H](NC(=O)c4ccccc4)c4ccccc4)CC(O)([C@@H](OC(=O)c4ccccc4)[C@@H]2CCO1)C3(C)C. The van der Waals surface area contributed by atoms with Crippen LogP contribution in [-0.4, -0.2) is 110 Å². The van der Waals surface area contributed by atoms with Crippen LogP contribution in [0.3, 0.4) is 0 Å². The van der Waals surface area contributed by atoms with Gasteiger partial charge < -0.3 is 43.6 Å². The van der Waals surface area contributed by atoms with Crippen molar-refractivity contribution in [3.8, 4) is 0 Å². The number of ether oxygens (including phenoxy) is 5. The molecular formula is C54H69NO14Si. The highest BCUT2D eigenvalue weighted by Crippen LogP contribution is 2.59. The molecule has 1 saturated carbocycles. The summed E-state index contributed by atoms with van der Waals surface area (Å²) < 4.78 is 37.5. The standard InChI is InChI=1S/C54H69NO14Si/c1-32-40(67-50(62)45(69-70(10,11)51(4,5)6)43(35-21-15-12-16-22-35)55-48(60)36-23-17-13-18-24-36)30-54(63)47(68-49(61)37-25-19-14-20-26-37)39-27-28-64-38(31-65-33(2)56)29-41(58)53(39,9)46(59)44(66-34(3)57)42(32)52(54,7)8/h12-26,38-41,43-45,47,58,63H,27-31H2,1-11H3,(H,55,60)/t38?,39-,40-,41?,43-,44?,45+,47-,53?,54?/m0/s1. The Bertz CT molecular complexity index is 2440. The van der Waals surface area contributed by atoms with Gasteiger partial charge in [0.15, 0.2) is 26.3 Å². The second-order valence-electron chi connectivity index (χ2n) is 21.1. The van der Waals surface area contributed by atoms with Gasteiger partial charge in [0.1, 0.15) is 24.4 Å². The maximum absolute atomic E-state index is 15.7. The predicted octanol–water partition coefficient (Wildman–Crippen LogP) is 7.40. The number of esters is 4. The Morgan fingerprint density at radius 1 is 0.843 bits per heavy atom. The minimum absolute atomic E-state index is 0.0838. The Labute approximate surface area is 411 Å². The molecule has 0 spiro atoms. The van der Waals surface area contributed by atoms with E-state index in [1.807, 2.05) is 33.9 Å². The Morgan fingerprint density at radius 2 is 1.41 bits per heavy atom. The van der Waals surface area contributed by atoms with E-state index in [2.05, 4.69) is 5.32 Å². The van der Waals surface area contributed by atoms with Gasteiger partial charge in [0.25, 0.3) is 5.91 Å². The first-order valence-corrected chi connectivity index (χ1v) is 26.8. The summed E-state index contributed by atoms with van der Waals surface area (Å²) >= 11 is 0. The smallest absolute Gasteiger partial charge is 0.338 e. The number of Topliss-reactive ketones (excluding diaryl/α,β-unsaturated/α-hetero) is 1. The average Bonchev–Trinajstić information content (AvgIpc) is 3.30. The molecule has 15 nitrogen and oxygen atoms in total. The lowest BCUT2D eigenvalue weighted by molar-refractivity contribution is -0.226. The molecule has 0 radical (unpaired) electrons. The van der Waals surface area contributed by atoms with E-state index < -0.39 is 120 Å². The van der Waals surface area contributed by atoms with E-state index in [4.69, 9.17) is 28.1 Å². The Balaban J connectivity index is 1.55. The highest BCUT2D eigenvalue weighted by atomic mass is 28.4. The van der Waals surface area contributed by atoms with Gasteiger partial charge >= 0.3 is 23.9 Å². The van der Waals surface area contributed by atoms with Crippen LogP contribution in [0, 0.1) is 16.7 Å². The monoisotopic (exact) mass is 983 g/mol. The van der Waals surface area contributed by atoms with Crippen molar-refractivity contribution in [3.05, 3.63) is 119 Å². The third kappa shape index (κ3) is 10.9. The summed E-state index contributed by atoms with van der Waals surface area (Å²) in [6.45, 7) is 18.4. The van der Waals surface area contributed by atoms with Crippen molar-refractivity contribution in [3.63, 3.8) is 0 Å². The molecule has 16 heteroatoms. The number of nitrogens with one attached hydrogen (secondary N) is 1. The van der Waals surface area contributed by atoms with Crippen molar-refractivity contribution in [1.29, 1.82) is 0 Å². The molecule has 10 atom stereocenters. The minimum Gasteiger partial charge on any atom is -0.463 e. The molecule has 5 unspecified atom stereocenters. The fourth-order valence-electron chi connectivity index (χ4n) is 10.1. The lowest BCUT2D eigenvalue weighted by Gasteiger charge is -2.60. The first kappa shape index (κ1) is 53.8. The molecule has 70 heavy (non-hydrogen) atoms. The number of ketones is 1. The normalized spacial score (nSPS) is 27.7. The first-order chi connectivity index (χ1) is 32.7. The lowest BCUT2D eigenvalue weighted by Crippen LogP contribution is -2.71. The molecule has 2 fully saturated rings. The van der Waals surface area contributed by atoms with Crippen LogP contribution in [0.15, 0.2) is 102 Å². The third-order valence-electron chi connectivity index (χ3n) is 15.3. The van der Waals surface area contributed by atoms with Crippen LogP contribution >= 0.6 is 0 Å². The molecule has 6 rings (SSSR count). The van der Waals surface area contributed by atoms with Gasteiger partial charge in [0.05, 0.1) is 29.2 Å². The Kier molecular flexibility index (Phi) is 16.2. The van der Waals surface area contributed by atoms with E-state index in [0.717, 1.165) is 6.92 Å². The van der Waals surface area contributed by atoms with Crippen molar-refractivity contribution in [2.45, 2.75) is 148 Å². The largest absolute Gasteiger partial charge is 0.463 e. The van der Waals surface area contributed by atoms with Crippen LogP contribution in [0.2, 0.25) is 18.1 Å². The number of fused-ring (bicyclic) bond motifs is 3. The van der Waals surface area contributed by atoms with E-state index >= 15 is 9.59 Å². The van der Waals surface area contributed by atoms with Crippen molar-refractivity contribution < 1.29 is 67.1 Å². The molecule has 2 bridgehead atoms. The molecule has 3 aliphatic rings. The lowest BCUT2D eigenvalue weighted by atomic mass is 9.49. The number of hydrogen-bond acceptors (Lipinski definition) is 14. The maximum Gasteiger partial charge on any atom is 0.338 e. The summed E-state index contributed by atoms with van der Waals surface area (Å²) in [5.41, 5.74) is -4.35. The van der Waals surface area contributed by atoms with E-state index in [9.17, 15) is 29.4 Å². The molecule has 1 amide bonds. The number of carbonyl (C=O) groups is 6. The molecule has 378 valence electrons. The highest BCUT2D eigenvalue weighted by molar-refractivity contribution is 6.74. The van der Waals surface area contributed by atoms with Gasteiger partial charge in [-0.05, 0) is 79.4 Å². The summed E-state index contributed by atoms with van der Waals surface area (Å²) in [7, 11) is -2.91. The molecule has 3 aromatic rings. The fourth-order valence-corrected chi connectivity index (χ4v) is 11.3. The zero-order chi connectivity index (χ0) is 51.6. The van der Waals surface area contributed by atoms with Crippen LogP contribution in [0.25, 0.3) is 0 Å². The number of aliphatic hydroxyl groups is 2. The molecule has 3 N–H and O–H groups in total. The van der Waals surface area contributed by atoms with Crippen LogP contribution in [0.4, 0.5) is 0 Å². The van der Waals surface area contributed by atoms with Crippen LogP contribution in [-0.2, 0) is 47.3 Å².